The fourth-order valence-electron chi connectivity index (χ4n) is 4.91. The minimum atomic E-state index is -1.01. The first kappa shape index (κ1) is 29.0. The zero-order chi connectivity index (χ0) is 29.4. The number of halogens is 1. The largest absolute Gasteiger partial charge is 0.507 e. The van der Waals surface area contributed by atoms with Gasteiger partial charge in [-0.3, -0.25) is 14.5 Å². The molecule has 210 valence electrons. The van der Waals surface area contributed by atoms with Crippen LogP contribution in [0.15, 0.2) is 60.2 Å². The summed E-state index contributed by atoms with van der Waals surface area (Å²) in [5.41, 5.74) is 2.45. The minimum Gasteiger partial charge on any atom is -0.507 e. The lowest BCUT2D eigenvalue weighted by Crippen LogP contribution is -2.30. The van der Waals surface area contributed by atoms with E-state index in [9.17, 15) is 19.8 Å². The lowest BCUT2D eigenvalue weighted by molar-refractivity contribution is -0.132. The van der Waals surface area contributed by atoms with Crippen LogP contribution in [-0.2, 0) is 15.0 Å². The molecule has 40 heavy (non-hydrogen) atoms. The summed E-state index contributed by atoms with van der Waals surface area (Å²) in [6.07, 6.45) is 0. The topological polar surface area (TPSA) is 96.3 Å². The summed E-state index contributed by atoms with van der Waals surface area (Å²) in [6.45, 7) is 12.4. The maximum absolute atomic E-state index is 13.7. The average Bonchev–Trinajstić information content (AvgIpc) is 3.16. The van der Waals surface area contributed by atoms with Crippen LogP contribution in [0.3, 0.4) is 0 Å². The standard InChI is InChI=1S/C32H34ClNO6/c1-7-39-25-14-11-20(15-22(25)32(4,5)6)29(36)27-28(19-10-13-24(35)26(16-19)40-8-2)34(31(38)30(27)37)23-17-21(33)12-9-18(23)3/h9-17,28,35-36H,7-8H2,1-6H3/b29-27+. The van der Waals surface area contributed by atoms with E-state index >= 15 is 0 Å². The van der Waals surface area contributed by atoms with Gasteiger partial charge in [0.05, 0.1) is 24.8 Å². The Morgan fingerprint density at radius 2 is 1.62 bits per heavy atom. The summed E-state index contributed by atoms with van der Waals surface area (Å²) in [7, 11) is 0. The van der Waals surface area contributed by atoms with Crippen LogP contribution in [0.25, 0.3) is 5.76 Å². The van der Waals surface area contributed by atoms with E-state index in [2.05, 4.69) is 0 Å². The van der Waals surface area contributed by atoms with Gasteiger partial charge in [0.25, 0.3) is 11.7 Å². The molecule has 0 spiro atoms. The molecule has 0 bridgehead atoms. The molecule has 1 saturated heterocycles. The smallest absolute Gasteiger partial charge is 0.300 e. The highest BCUT2D eigenvalue weighted by atomic mass is 35.5. The number of aliphatic hydroxyl groups excluding tert-OH is 1. The van der Waals surface area contributed by atoms with Crippen molar-refractivity contribution in [3.63, 3.8) is 0 Å². The molecule has 4 rings (SSSR count). The number of ketones is 1. The molecular weight excluding hydrogens is 530 g/mol. The molecule has 1 amide bonds. The van der Waals surface area contributed by atoms with E-state index in [4.69, 9.17) is 21.1 Å². The summed E-state index contributed by atoms with van der Waals surface area (Å²) in [5, 5.41) is 22.4. The Bertz CT molecular complexity index is 1500. The molecule has 7 nitrogen and oxygen atoms in total. The van der Waals surface area contributed by atoms with Crippen LogP contribution in [0.4, 0.5) is 5.69 Å². The highest BCUT2D eigenvalue weighted by molar-refractivity contribution is 6.52. The second kappa shape index (κ2) is 11.3. The average molecular weight is 564 g/mol. The molecule has 0 aromatic heterocycles. The van der Waals surface area contributed by atoms with Gasteiger partial charge in [-0.15, -0.1) is 0 Å². The van der Waals surface area contributed by atoms with Gasteiger partial charge in [-0.05, 0) is 79.8 Å². The van der Waals surface area contributed by atoms with Gasteiger partial charge in [-0.1, -0.05) is 44.5 Å². The molecule has 1 aliphatic heterocycles. The van der Waals surface area contributed by atoms with Crippen LogP contribution >= 0.6 is 11.6 Å². The SMILES string of the molecule is CCOc1cc(C2/C(=C(\O)c3ccc(OCC)c(C(C)(C)C)c3)C(=O)C(=O)N2c2cc(Cl)ccc2C)ccc1O. The fourth-order valence-corrected chi connectivity index (χ4v) is 5.08. The highest BCUT2D eigenvalue weighted by Crippen LogP contribution is 2.46. The second-order valence-electron chi connectivity index (χ2n) is 10.7. The molecule has 2 N–H and O–H groups in total. The van der Waals surface area contributed by atoms with E-state index in [-0.39, 0.29) is 28.2 Å². The number of hydrogen-bond acceptors (Lipinski definition) is 6. The molecule has 1 fully saturated rings. The molecule has 3 aromatic carbocycles. The van der Waals surface area contributed by atoms with Gasteiger partial charge in [-0.25, -0.2) is 0 Å². The minimum absolute atomic E-state index is 0.0807. The Kier molecular flexibility index (Phi) is 8.17. The van der Waals surface area contributed by atoms with Crippen LogP contribution in [0.1, 0.15) is 62.9 Å². The predicted molar refractivity (Wildman–Crippen MR) is 157 cm³/mol. The van der Waals surface area contributed by atoms with Gasteiger partial charge in [0, 0.05) is 21.8 Å². The maximum atomic E-state index is 13.7. The number of carbonyl (C=O) groups is 2. The van der Waals surface area contributed by atoms with Gasteiger partial charge < -0.3 is 19.7 Å². The molecule has 0 radical (unpaired) electrons. The number of phenols is 1. The monoisotopic (exact) mass is 563 g/mol. The van der Waals surface area contributed by atoms with Crippen molar-refractivity contribution in [3.8, 4) is 17.2 Å². The van der Waals surface area contributed by atoms with Crippen molar-refractivity contribution in [2.75, 3.05) is 18.1 Å². The molecule has 1 aliphatic rings. The number of rotatable bonds is 7. The number of Topliss-reactive ketones (excluding diaryl/α,β-unsaturated/α-hetero) is 1. The molecule has 8 heteroatoms. The van der Waals surface area contributed by atoms with Crippen LogP contribution in [0.2, 0.25) is 5.02 Å². The third-order valence-electron chi connectivity index (χ3n) is 6.84. The number of benzene rings is 3. The zero-order valence-corrected chi connectivity index (χ0v) is 24.3. The number of aliphatic hydroxyl groups is 1. The Morgan fingerprint density at radius 3 is 2.27 bits per heavy atom. The summed E-state index contributed by atoms with van der Waals surface area (Å²) in [4.78, 5) is 28.6. The Balaban J connectivity index is 2.00. The first-order valence-electron chi connectivity index (χ1n) is 13.2. The maximum Gasteiger partial charge on any atom is 0.300 e. The quantitative estimate of drug-likeness (QED) is 0.181. The van der Waals surface area contributed by atoms with E-state index < -0.39 is 17.7 Å². The zero-order valence-electron chi connectivity index (χ0n) is 23.5. The van der Waals surface area contributed by atoms with Crippen molar-refractivity contribution in [1.82, 2.24) is 0 Å². The van der Waals surface area contributed by atoms with Crippen molar-refractivity contribution in [2.45, 2.75) is 53.0 Å². The first-order chi connectivity index (χ1) is 18.9. The number of carbonyl (C=O) groups excluding carboxylic acids is 2. The van der Waals surface area contributed by atoms with E-state index in [1.807, 2.05) is 34.6 Å². The van der Waals surface area contributed by atoms with Gasteiger partial charge in [-0.2, -0.15) is 0 Å². The summed E-state index contributed by atoms with van der Waals surface area (Å²) in [6, 6.07) is 13.9. The summed E-state index contributed by atoms with van der Waals surface area (Å²) in [5.74, 6) is -1.15. The van der Waals surface area contributed by atoms with Gasteiger partial charge >= 0.3 is 0 Å². The second-order valence-corrected chi connectivity index (χ2v) is 11.1. The third-order valence-corrected chi connectivity index (χ3v) is 7.07. The number of phenolic OH excluding ortho intramolecular Hbond substituents is 1. The highest BCUT2D eigenvalue weighted by Gasteiger charge is 2.47. The number of aryl methyl sites for hydroxylation is 1. The van der Waals surface area contributed by atoms with Crippen LogP contribution < -0.4 is 14.4 Å². The first-order valence-corrected chi connectivity index (χ1v) is 13.6. The predicted octanol–water partition coefficient (Wildman–Crippen LogP) is 7.08. The lowest BCUT2D eigenvalue weighted by Gasteiger charge is -2.27. The Hall–Kier alpha value is -3.97. The number of aromatic hydroxyl groups is 1. The number of anilines is 1. The molecule has 0 saturated carbocycles. The number of hydrogen-bond donors (Lipinski definition) is 2. The van der Waals surface area contributed by atoms with E-state index in [1.54, 1.807) is 55.5 Å². The number of nitrogens with zero attached hydrogens (tertiary/aromatic N) is 1. The van der Waals surface area contributed by atoms with Crippen molar-refractivity contribution < 1.29 is 29.3 Å². The molecule has 1 heterocycles. The fraction of sp³-hybridized carbons (Fsp3) is 0.312. The van der Waals surface area contributed by atoms with Gasteiger partial charge in [0.1, 0.15) is 11.5 Å². The molecule has 3 aromatic rings. The van der Waals surface area contributed by atoms with Crippen LogP contribution in [-0.4, -0.2) is 35.1 Å². The van der Waals surface area contributed by atoms with Gasteiger partial charge in [0.2, 0.25) is 0 Å². The number of amides is 1. The Morgan fingerprint density at radius 1 is 0.950 bits per heavy atom. The van der Waals surface area contributed by atoms with Gasteiger partial charge in [0.15, 0.2) is 11.5 Å². The normalized spacial score (nSPS) is 16.9. The van der Waals surface area contributed by atoms with E-state index in [1.165, 1.54) is 11.0 Å². The summed E-state index contributed by atoms with van der Waals surface area (Å²) >= 11 is 6.31. The van der Waals surface area contributed by atoms with Crippen molar-refractivity contribution in [2.24, 2.45) is 0 Å². The van der Waals surface area contributed by atoms with Crippen molar-refractivity contribution >= 4 is 34.7 Å². The van der Waals surface area contributed by atoms with E-state index in [0.29, 0.717) is 40.8 Å². The molecule has 0 aliphatic carbocycles. The lowest BCUT2D eigenvalue weighted by atomic mass is 9.84. The van der Waals surface area contributed by atoms with Crippen LogP contribution in [0.5, 0.6) is 17.2 Å². The van der Waals surface area contributed by atoms with Crippen LogP contribution in [0, 0.1) is 6.92 Å². The molecular formula is C32H34ClNO6. The molecule has 1 unspecified atom stereocenters. The Labute approximate surface area is 239 Å². The summed E-state index contributed by atoms with van der Waals surface area (Å²) < 4.78 is 11.4. The van der Waals surface area contributed by atoms with E-state index in [0.717, 1.165) is 11.1 Å². The number of ether oxygens (including phenoxy) is 2. The third kappa shape index (κ3) is 5.39. The molecule has 1 atom stereocenters. The van der Waals surface area contributed by atoms with Crippen molar-refractivity contribution in [3.05, 3.63) is 87.4 Å². The van der Waals surface area contributed by atoms with Crippen molar-refractivity contribution in [1.29, 1.82) is 0 Å².